The molecule has 39 heavy (non-hydrogen) atoms. The lowest BCUT2D eigenvalue weighted by Gasteiger charge is -2.48. The van der Waals surface area contributed by atoms with Gasteiger partial charge in [-0.25, -0.2) is 5.84 Å². The molecule has 2 aliphatic heterocycles. The van der Waals surface area contributed by atoms with Gasteiger partial charge in [-0.2, -0.15) is 0 Å². The first-order valence-corrected chi connectivity index (χ1v) is 12.8. The smallest absolute Gasteiger partial charge is 0.233 e. The van der Waals surface area contributed by atoms with Gasteiger partial charge in [0.05, 0.1) is 52.9 Å². The molecule has 10 N–H and O–H groups in total. The van der Waals surface area contributed by atoms with E-state index >= 15 is 0 Å². The van der Waals surface area contributed by atoms with Crippen molar-refractivity contribution in [3.8, 4) is 0 Å². The second kappa shape index (κ2) is 14.7. The van der Waals surface area contributed by atoms with Crippen molar-refractivity contribution >= 4 is 17.6 Å². The number of hydrogen-bond donors (Lipinski definition) is 9. The zero-order valence-corrected chi connectivity index (χ0v) is 22.4. The minimum atomic E-state index is -1.83. The number of rotatable bonds is 13. The first-order chi connectivity index (χ1) is 18.2. The highest BCUT2D eigenvalue weighted by Crippen LogP contribution is 2.32. The van der Waals surface area contributed by atoms with Gasteiger partial charge in [-0.3, -0.25) is 19.8 Å². The number of likely N-dealkylation sites (N-methyl/N-ethyl adjacent to an activating group) is 1. The average molecular weight is 568 g/mol. The lowest BCUT2D eigenvalue weighted by Crippen LogP contribution is -2.67. The van der Waals surface area contributed by atoms with Gasteiger partial charge in [0.15, 0.2) is 12.1 Å². The fourth-order valence-electron chi connectivity index (χ4n) is 4.81. The van der Waals surface area contributed by atoms with Crippen LogP contribution in [-0.4, -0.2) is 149 Å². The van der Waals surface area contributed by atoms with E-state index in [1.165, 1.54) is 0 Å². The molecule has 0 aromatic rings. The predicted octanol–water partition coefficient (Wildman–Crippen LogP) is -5.19. The van der Waals surface area contributed by atoms with Gasteiger partial charge in [0.1, 0.15) is 36.6 Å². The molecule has 4 unspecified atom stereocenters. The van der Waals surface area contributed by atoms with Crippen molar-refractivity contribution < 1.29 is 63.7 Å². The van der Waals surface area contributed by atoms with Crippen LogP contribution in [-0.2, 0) is 28.6 Å². The predicted molar refractivity (Wildman–Crippen MR) is 131 cm³/mol. The number of amides is 2. The van der Waals surface area contributed by atoms with E-state index in [-0.39, 0.29) is 29.8 Å². The van der Waals surface area contributed by atoms with Crippen molar-refractivity contribution in [2.45, 2.75) is 80.9 Å². The standard InChI is InChI=1S/C23H42N4O12/c1-27(2,3)16-11(17(32)13(9-28)38-22(16)36)10-37-23-20(35)18(33)19(34)21(39-23)12(29)8-25-14(30)6-4-5-7-15(31)26-24/h11,13,16-23,28,32-36H,4-10,24H2,1-3H3,(H-,25,26,30,31)/p+1/t11-,13?,16?,17-,18+,19-,20?,21?,22-,23-/m1/s1. The third-order valence-electron chi connectivity index (χ3n) is 6.96. The van der Waals surface area contributed by atoms with E-state index in [1.54, 1.807) is 21.1 Å². The van der Waals surface area contributed by atoms with Crippen LogP contribution in [0.3, 0.4) is 0 Å². The molecule has 0 aromatic heterocycles. The zero-order chi connectivity index (χ0) is 29.5. The van der Waals surface area contributed by atoms with Crippen LogP contribution < -0.4 is 16.6 Å². The summed E-state index contributed by atoms with van der Waals surface area (Å²) in [5.41, 5.74) is 1.98. The number of nitrogens with zero attached hydrogens (tertiary/aromatic N) is 1. The second-order valence-electron chi connectivity index (χ2n) is 10.8. The number of aliphatic hydroxyl groups is 6. The molecule has 0 saturated carbocycles. The Labute approximate surface area is 226 Å². The fraction of sp³-hybridized carbons (Fsp3) is 0.870. The summed E-state index contributed by atoms with van der Waals surface area (Å²) >= 11 is 0. The summed E-state index contributed by atoms with van der Waals surface area (Å²) in [4.78, 5) is 35.8. The molecule has 2 rings (SSSR count). The van der Waals surface area contributed by atoms with Crippen LogP contribution in [0.4, 0.5) is 0 Å². The molecule has 226 valence electrons. The third kappa shape index (κ3) is 8.83. The van der Waals surface area contributed by atoms with Crippen LogP contribution >= 0.6 is 0 Å². The first kappa shape index (κ1) is 33.4. The molecule has 16 heteroatoms. The van der Waals surface area contributed by atoms with E-state index in [0.717, 1.165) is 0 Å². The van der Waals surface area contributed by atoms with Gasteiger partial charge in [-0.05, 0) is 12.8 Å². The summed E-state index contributed by atoms with van der Waals surface area (Å²) in [6.07, 6.45) is -11.4. The lowest BCUT2D eigenvalue weighted by molar-refractivity contribution is -0.910. The first-order valence-electron chi connectivity index (χ1n) is 12.8. The number of hydrogen-bond acceptors (Lipinski definition) is 13. The van der Waals surface area contributed by atoms with Crippen LogP contribution in [0.25, 0.3) is 0 Å². The summed E-state index contributed by atoms with van der Waals surface area (Å²) in [6, 6.07) is -0.726. The zero-order valence-electron chi connectivity index (χ0n) is 22.4. The number of unbranched alkanes of at least 4 members (excludes halogenated alkanes) is 1. The van der Waals surface area contributed by atoms with E-state index in [2.05, 4.69) is 5.32 Å². The highest BCUT2D eigenvalue weighted by Gasteiger charge is 2.52. The van der Waals surface area contributed by atoms with Gasteiger partial charge in [0.2, 0.25) is 18.1 Å². The number of nitrogens with two attached hydrogens (primary N) is 1. The van der Waals surface area contributed by atoms with Gasteiger partial charge < -0.3 is 54.6 Å². The Hall–Kier alpha value is -1.83. The number of carbonyl (C=O) groups excluding carboxylic acids is 3. The Morgan fingerprint density at radius 3 is 2.08 bits per heavy atom. The topological polar surface area (TPSA) is 250 Å². The van der Waals surface area contributed by atoms with Gasteiger partial charge in [-0.1, -0.05) is 0 Å². The number of ketones is 1. The minimum Gasteiger partial charge on any atom is -0.394 e. The van der Waals surface area contributed by atoms with Gasteiger partial charge >= 0.3 is 0 Å². The molecule has 0 bridgehead atoms. The molecule has 2 heterocycles. The molecule has 0 aliphatic carbocycles. The summed E-state index contributed by atoms with van der Waals surface area (Å²) in [5.74, 6) is 2.52. The number of nitrogens with one attached hydrogen (secondary N) is 2. The van der Waals surface area contributed by atoms with Crippen molar-refractivity contribution in [1.29, 1.82) is 0 Å². The number of hydrazine groups is 1. The Morgan fingerprint density at radius 1 is 0.897 bits per heavy atom. The van der Waals surface area contributed by atoms with Crippen LogP contribution in [0.15, 0.2) is 0 Å². The Kier molecular flexibility index (Phi) is 12.6. The molecular formula is C23H43N4O12+. The molecule has 2 amide bonds. The lowest BCUT2D eigenvalue weighted by atomic mass is 9.86. The summed E-state index contributed by atoms with van der Waals surface area (Å²) in [5, 5.41) is 64.2. The maximum absolute atomic E-state index is 12.7. The number of quaternary nitrogens is 1. The van der Waals surface area contributed by atoms with Crippen LogP contribution in [0, 0.1) is 5.92 Å². The van der Waals surface area contributed by atoms with E-state index in [4.69, 9.17) is 20.1 Å². The van der Waals surface area contributed by atoms with E-state index in [0.29, 0.717) is 12.8 Å². The molecule has 10 atom stereocenters. The van der Waals surface area contributed by atoms with Crippen molar-refractivity contribution in [1.82, 2.24) is 10.7 Å². The summed E-state index contributed by atoms with van der Waals surface area (Å²) < 4.78 is 16.6. The summed E-state index contributed by atoms with van der Waals surface area (Å²) in [7, 11) is 5.26. The molecule has 0 radical (unpaired) electrons. The van der Waals surface area contributed by atoms with E-state index in [9.17, 15) is 45.0 Å². The number of carbonyl (C=O) groups is 3. The Bertz CT molecular complexity index is 827. The average Bonchev–Trinajstić information content (AvgIpc) is 2.88. The molecule has 2 fully saturated rings. The van der Waals surface area contributed by atoms with Crippen LogP contribution in [0.5, 0.6) is 0 Å². The molecule has 2 saturated heterocycles. The molecule has 16 nitrogen and oxygen atoms in total. The molecular weight excluding hydrogens is 524 g/mol. The highest BCUT2D eigenvalue weighted by atomic mass is 16.7. The number of aliphatic hydroxyl groups excluding tert-OH is 6. The van der Waals surface area contributed by atoms with Crippen LogP contribution in [0.2, 0.25) is 0 Å². The van der Waals surface area contributed by atoms with Crippen molar-refractivity contribution in [2.24, 2.45) is 11.8 Å². The number of Topliss-reactive ketones (excluding diaryl/α,β-unsaturated/α-hetero) is 1. The fourth-order valence-corrected chi connectivity index (χ4v) is 4.81. The quantitative estimate of drug-likeness (QED) is 0.0332. The molecule has 2 aliphatic rings. The monoisotopic (exact) mass is 567 g/mol. The number of ether oxygens (including phenoxy) is 3. The van der Waals surface area contributed by atoms with Gasteiger partial charge in [0.25, 0.3) is 0 Å². The Morgan fingerprint density at radius 2 is 1.51 bits per heavy atom. The minimum absolute atomic E-state index is 0.0356. The highest BCUT2D eigenvalue weighted by molar-refractivity contribution is 5.89. The third-order valence-corrected chi connectivity index (χ3v) is 6.96. The molecule has 0 spiro atoms. The maximum Gasteiger partial charge on any atom is 0.233 e. The second-order valence-corrected chi connectivity index (χ2v) is 10.8. The van der Waals surface area contributed by atoms with Gasteiger partial charge in [-0.15, -0.1) is 0 Å². The van der Waals surface area contributed by atoms with Gasteiger partial charge in [0, 0.05) is 12.8 Å². The summed E-state index contributed by atoms with van der Waals surface area (Å²) in [6.45, 7) is -1.44. The van der Waals surface area contributed by atoms with E-state index in [1.807, 2.05) is 5.43 Å². The van der Waals surface area contributed by atoms with Crippen molar-refractivity contribution in [2.75, 3.05) is 40.9 Å². The van der Waals surface area contributed by atoms with Crippen LogP contribution in [0.1, 0.15) is 25.7 Å². The van der Waals surface area contributed by atoms with Crippen molar-refractivity contribution in [3.05, 3.63) is 0 Å². The normalized spacial score (nSPS) is 35.3. The molecule has 0 aromatic carbocycles. The van der Waals surface area contributed by atoms with Crippen molar-refractivity contribution in [3.63, 3.8) is 0 Å². The Balaban J connectivity index is 1.99. The largest absolute Gasteiger partial charge is 0.394 e. The maximum atomic E-state index is 12.7. The SMILES string of the molecule is C[N+](C)(C)C1[C@H](O)OC(CO)[C@H](O)[C@@H]1CO[C@@H]1OC(C(=O)CNC(=O)CCCCC(=O)NN)[C@H](O)[C@H](O)C1O. The van der Waals surface area contributed by atoms with E-state index < -0.39 is 86.0 Å².